The van der Waals surface area contributed by atoms with Crippen LogP contribution in [0.5, 0.6) is 0 Å². The van der Waals surface area contributed by atoms with Gasteiger partial charge in [0.25, 0.3) is 5.91 Å². The monoisotopic (exact) mass is 370 g/mol. The number of amides is 1. The number of carbonyl (C=O) groups excluding carboxylic acids is 1. The van der Waals surface area contributed by atoms with Crippen molar-refractivity contribution in [3.05, 3.63) is 47.5 Å². The molecule has 0 saturated carbocycles. The highest BCUT2D eigenvalue weighted by atomic mass is 16.5. The number of likely N-dealkylation sites (tertiary alicyclic amines) is 1. The second-order valence-corrected chi connectivity index (χ2v) is 7.52. The van der Waals surface area contributed by atoms with Crippen LogP contribution in [0.15, 0.2) is 30.6 Å². The van der Waals surface area contributed by atoms with Gasteiger partial charge >= 0.3 is 0 Å². The molecular weight excluding hydrogens is 344 g/mol. The molecule has 2 aliphatic heterocycles. The van der Waals surface area contributed by atoms with Crippen LogP contribution in [0.1, 0.15) is 28.2 Å². The fraction of sp³-hybridized carbons (Fsp3) is 0.550. The number of aryl methyl sites for hydroxylation is 2. The molecule has 2 saturated heterocycles. The highest BCUT2D eigenvalue weighted by Gasteiger charge is 2.45. The SMILES string of the molecule is Cc1cccc(COCC[C@H]2CO[C@H]3CN(C(=O)c4cnn(C)c4)C[C@@H]23)n1. The summed E-state index contributed by atoms with van der Waals surface area (Å²) < 4.78 is 13.4. The molecular formula is C20H26N4O3. The largest absolute Gasteiger partial charge is 0.376 e. The maximum Gasteiger partial charge on any atom is 0.257 e. The Morgan fingerprint density at radius 3 is 3.04 bits per heavy atom. The molecule has 0 radical (unpaired) electrons. The molecule has 2 aromatic rings. The molecule has 2 fully saturated rings. The zero-order valence-electron chi connectivity index (χ0n) is 15.9. The first kappa shape index (κ1) is 18.1. The Labute approximate surface area is 159 Å². The van der Waals surface area contributed by atoms with Gasteiger partial charge < -0.3 is 14.4 Å². The minimum absolute atomic E-state index is 0.0432. The van der Waals surface area contributed by atoms with Crippen molar-refractivity contribution in [2.45, 2.75) is 26.1 Å². The van der Waals surface area contributed by atoms with Crippen LogP contribution in [0.4, 0.5) is 0 Å². The summed E-state index contributed by atoms with van der Waals surface area (Å²) in [6, 6.07) is 5.97. The van der Waals surface area contributed by atoms with E-state index >= 15 is 0 Å². The Morgan fingerprint density at radius 1 is 1.37 bits per heavy atom. The molecule has 4 heterocycles. The van der Waals surface area contributed by atoms with Gasteiger partial charge in [-0.15, -0.1) is 0 Å². The molecule has 0 spiro atoms. The Kier molecular flexibility index (Phi) is 5.22. The van der Waals surface area contributed by atoms with Gasteiger partial charge in [-0.3, -0.25) is 14.5 Å². The van der Waals surface area contributed by atoms with E-state index in [-0.39, 0.29) is 12.0 Å². The Balaban J connectivity index is 1.26. The summed E-state index contributed by atoms with van der Waals surface area (Å²) in [6.07, 6.45) is 4.49. The second kappa shape index (κ2) is 7.78. The van der Waals surface area contributed by atoms with Gasteiger partial charge in [0.2, 0.25) is 0 Å². The summed E-state index contributed by atoms with van der Waals surface area (Å²) >= 11 is 0. The van der Waals surface area contributed by atoms with Crippen LogP contribution in [0, 0.1) is 18.8 Å². The molecule has 0 N–H and O–H groups in total. The van der Waals surface area contributed by atoms with Crippen LogP contribution in [0.3, 0.4) is 0 Å². The molecule has 0 aliphatic carbocycles. The number of pyridine rings is 1. The van der Waals surface area contributed by atoms with Crippen LogP contribution in [-0.4, -0.2) is 58.0 Å². The van der Waals surface area contributed by atoms with Crippen LogP contribution < -0.4 is 0 Å². The Morgan fingerprint density at radius 2 is 2.26 bits per heavy atom. The highest BCUT2D eigenvalue weighted by Crippen LogP contribution is 2.36. The average molecular weight is 370 g/mol. The number of fused-ring (bicyclic) bond motifs is 1. The van der Waals surface area contributed by atoms with E-state index in [4.69, 9.17) is 9.47 Å². The molecule has 2 aromatic heterocycles. The van der Waals surface area contributed by atoms with Gasteiger partial charge in [-0.05, 0) is 31.4 Å². The average Bonchev–Trinajstić information content (AvgIpc) is 3.34. The molecule has 144 valence electrons. The first-order valence-electron chi connectivity index (χ1n) is 9.50. The number of nitrogens with zero attached hydrogens (tertiary/aromatic N) is 4. The van der Waals surface area contributed by atoms with Gasteiger partial charge in [-0.1, -0.05) is 6.07 Å². The van der Waals surface area contributed by atoms with E-state index < -0.39 is 0 Å². The molecule has 4 rings (SSSR count). The molecule has 2 aliphatic rings. The zero-order chi connectivity index (χ0) is 18.8. The zero-order valence-corrected chi connectivity index (χ0v) is 15.9. The number of ether oxygens (including phenoxy) is 2. The first-order chi connectivity index (χ1) is 13.1. The number of rotatable bonds is 6. The summed E-state index contributed by atoms with van der Waals surface area (Å²) in [5.41, 5.74) is 2.61. The Hall–Kier alpha value is -2.25. The van der Waals surface area contributed by atoms with Crippen molar-refractivity contribution in [2.24, 2.45) is 18.9 Å². The third-order valence-electron chi connectivity index (χ3n) is 5.51. The molecule has 27 heavy (non-hydrogen) atoms. The van der Waals surface area contributed by atoms with Crippen molar-refractivity contribution in [3.63, 3.8) is 0 Å². The standard InChI is InChI=1S/C20H26N4O3/c1-14-4-3-5-17(22-14)13-26-7-6-15-12-27-19-11-24(10-18(15)19)20(25)16-8-21-23(2)9-16/h3-5,8-9,15,18-19H,6-7,10-13H2,1-2H3/t15-,18-,19-/m0/s1. The molecule has 0 aromatic carbocycles. The van der Waals surface area contributed by atoms with E-state index in [9.17, 15) is 4.79 Å². The molecule has 0 unspecified atom stereocenters. The number of hydrogen-bond acceptors (Lipinski definition) is 5. The van der Waals surface area contributed by atoms with E-state index in [1.165, 1.54) is 0 Å². The second-order valence-electron chi connectivity index (χ2n) is 7.52. The smallest absolute Gasteiger partial charge is 0.257 e. The summed E-state index contributed by atoms with van der Waals surface area (Å²) in [7, 11) is 1.82. The van der Waals surface area contributed by atoms with Crippen molar-refractivity contribution < 1.29 is 14.3 Å². The van der Waals surface area contributed by atoms with Crippen LogP contribution in [0.2, 0.25) is 0 Å². The van der Waals surface area contributed by atoms with Crippen molar-refractivity contribution in [2.75, 3.05) is 26.3 Å². The summed E-state index contributed by atoms with van der Waals surface area (Å²) in [5, 5.41) is 4.09. The molecule has 3 atom stereocenters. The summed E-state index contributed by atoms with van der Waals surface area (Å²) in [6.45, 7) is 5.39. The molecule has 7 heteroatoms. The highest BCUT2D eigenvalue weighted by molar-refractivity contribution is 5.94. The lowest BCUT2D eigenvalue weighted by molar-refractivity contribution is 0.0646. The van der Waals surface area contributed by atoms with Crippen molar-refractivity contribution in [1.82, 2.24) is 19.7 Å². The lowest BCUT2D eigenvalue weighted by Gasteiger charge is -2.19. The predicted octanol–water partition coefficient (Wildman–Crippen LogP) is 1.82. The van der Waals surface area contributed by atoms with Gasteiger partial charge in [0.1, 0.15) is 0 Å². The summed E-state index contributed by atoms with van der Waals surface area (Å²) in [4.78, 5) is 19.0. The third kappa shape index (κ3) is 4.04. The minimum atomic E-state index is 0.0432. The lowest BCUT2D eigenvalue weighted by atomic mass is 9.91. The van der Waals surface area contributed by atoms with E-state index in [1.54, 1.807) is 17.1 Å². The van der Waals surface area contributed by atoms with E-state index in [1.807, 2.05) is 37.1 Å². The van der Waals surface area contributed by atoms with Crippen LogP contribution in [0.25, 0.3) is 0 Å². The minimum Gasteiger partial charge on any atom is -0.376 e. The predicted molar refractivity (Wildman–Crippen MR) is 99.1 cm³/mol. The Bertz CT molecular complexity index is 806. The van der Waals surface area contributed by atoms with Crippen LogP contribution in [-0.2, 0) is 23.1 Å². The fourth-order valence-electron chi connectivity index (χ4n) is 4.07. The van der Waals surface area contributed by atoms with E-state index in [0.717, 1.165) is 31.0 Å². The third-order valence-corrected chi connectivity index (χ3v) is 5.51. The van der Waals surface area contributed by atoms with Crippen molar-refractivity contribution >= 4 is 5.91 Å². The van der Waals surface area contributed by atoms with Gasteiger partial charge in [-0.2, -0.15) is 5.10 Å². The van der Waals surface area contributed by atoms with Crippen LogP contribution >= 0.6 is 0 Å². The van der Waals surface area contributed by atoms with Crippen molar-refractivity contribution in [3.8, 4) is 0 Å². The normalized spacial score (nSPS) is 24.4. The van der Waals surface area contributed by atoms with Gasteiger partial charge in [0.05, 0.1) is 36.8 Å². The molecule has 7 nitrogen and oxygen atoms in total. The topological polar surface area (TPSA) is 69.5 Å². The van der Waals surface area contributed by atoms with E-state index in [2.05, 4.69) is 10.1 Å². The maximum absolute atomic E-state index is 12.6. The maximum atomic E-state index is 12.6. The number of hydrogen-bond donors (Lipinski definition) is 0. The molecule has 1 amide bonds. The van der Waals surface area contributed by atoms with Gasteiger partial charge in [0.15, 0.2) is 0 Å². The summed E-state index contributed by atoms with van der Waals surface area (Å²) in [5.74, 6) is 0.875. The lowest BCUT2D eigenvalue weighted by Crippen LogP contribution is -2.31. The van der Waals surface area contributed by atoms with Gasteiger partial charge in [0, 0.05) is 44.6 Å². The first-order valence-corrected chi connectivity index (χ1v) is 9.50. The van der Waals surface area contributed by atoms with E-state index in [0.29, 0.717) is 37.2 Å². The number of carbonyl (C=O) groups is 1. The molecule has 0 bridgehead atoms. The van der Waals surface area contributed by atoms with Gasteiger partial charge in [-0.25, -0.2) is 0 Å². The quantitative estimate of drug-likeness (QED) is 0.726. The fourth-order valence-corrected chi connectivity index (χ4v) is 4.07. The van der Waals surface area contributed by atoms with Crippen molar-refractivity contribution in [1.29, 1.82) is 0 Å². The number of aromatic nitrogens is 3.